The molecule has 1 aliphatic heterocycles. The topological polar surface area (TPSA) is 146 Å². The lowest BCUT2D eigenvalue weighted by molar-refractivity contribution is -0.385. The van der Waals surface area contributed by atoms with Crippen LogP contribution in [0.1, 0.15) is 36.1 Å². The van der Waals surface area contributed by atoms with Crippen LogP contribution >= 0.6 is 0 Å². The van der Waals surface area contributed by atoms with Gasteiger partial charge in [0.25, 0.3) is 15.8 Å². The molecule has 1 amide bonds. The summed E-state index contributed by atoms with van der Waals surface area (Å²) in [6, 6.07) is 7.83. The molecule has 33 heavy (non-hydrogen) atoms. The number of nitrogens with one attached hydrogen (secondary N) is 1. The second-order valence-electron chi connectivity index (χ2n) is 7.56. The number of fused-ring (bicyclic) bond motifs is 1. The summed E-state index contributed by atoms with van der Waals surface area (Å²) in [4.78, 5) is 22.3. The van der Waals surface area contributed by atoms with Crippen molar-refractivity contribution in [3.63, 3.8) is 0 Å². The smallest absolute Gasteiger partial charge is 0.272 e. The minimum absolute atomic E-state index is 0.0163. The highest BCUT2D eigenvalue weighted by atomic mass is 32.2. The molecule has 0 fully saturated rings. The van der Waals surface area contributed by atoms with Crippen molar-refractivity contribution in [3.05, 3.63) is 62.7 Å². The summed E-state index contributed by atoms with van der Waals surface area (Å²) >= 11 is 0. The number of carbonyl (C=O) groups is 1. The van der Waals surface area contributed by atoms with E-state index in [1.165, 1.54) is 19.1 Å². The predicted octanol–water partition coefficient (Wildman–Crippen LogP) is 2.43. The highest BCUT2D eigenvalue weighted by Crippen LogP contribution is 2.36. The van der Waals surface area contributed by atoms with Gasteiger partial charge in [0.05, 0.1) is 23.0 Å². The van der Waals surface area contributed by atoms with Crippen LogP contribution in [0.4, 0.5) is 5.69 Å². The Bertz CT molecular complexity index is 1240. The number of carbonyl (C=O) groups excluding carboxylic acids is 1. The summed E-state index contributed by atoms with van der Waals surface area (Å²) in [6.07, 6.45) is 0.428. The van der Waals surface area contributed by atoms with Gasteiger partial charge in [0.2, 0.25) is 12.7 Å². The number of ether oxygens (including phenoxy) is 2. The van der Waals surface area contributed by atoms with Crippen molar-refractivity contribution >= 4 is 27.4 Å². The molecule has 11 nitrogen and oxygen atoms in total. The minimum Gasteiger partial charge on any atom is -0.454 e. The fourth-order valence-corrected chi connectivity index (χ4v) is 4.10. The summed E-state index contributed by atoms with van der Waals surface area (Å²) in [5.74, 6) is 0.501. The maximum Gasteiger partial charge on any atom is 0.272 e. The lowest BCUT2D eigenvalue weighted by Gasteiger charge is -2.17. The molecule has 0 saturated heterocycles. The normalized spacial score (nSPS) is 14.1. The molecule has 0 unspecified atom stereocenters. The average Bonchev–Trinajstić information content (AvgIpc) is 3.13. The monoisotopic (exact) mass is 477 g/mol. The van der Waals surface area contributed by atoms with Crippen LogP contribution in [0, 0.1) is 17.0 Å². The fraction of sp³-hybridized carbons (Fsp3) is 0.333. The largest absolute Gasteiger partial charge is 0.454 e. The first-order valence-corrected chi connectivity index (χ1v) is 11.7. The maximum atomic E-state index is 11.6. The van der Waals surface area contributed by atoms with Crippen molar-refractivity contribution in [2.45, 2.75) is 33.3 Å². The molecule has 2 aromatic carbocycles. The molecule has 0 saturated carbocycles. The van der Waals surface area contributed by atoms with Gasteiger partial charge in [0.1, 0.15) is 0 Å². The van der Waals surface area contributed by atoms with Gasteiger partial charge in [-0.2, -0.15) is 13.5 Å². The molecule has 1 heterocycles. The van der Waals surface area contributed by atoms with E-state index in [-0.39, 0.29) is 18.9 Å². The number of nitro groups is 1. The number of rotatable bonds is 8. The third-order valence-electron chi connectivity index (χ3n) is 4.69. The van der Waals surface area contributed by atoms with Crippen LogP contribution in [0.25, 0.3) is 0 Å². The molecule has 1 aliphatic rings. The fourth-order valence-electron chi connectivity index (χ4n) is 3.44. The molecule has 0 bridgehead atoms. The molecule has 176 valence electrons. The van der Waals surface area contributed by atoms with E-state index in [0.29, 0.717) is 39.5 Å². The standard InChI is InChI=1S/C21H23N3O8S/c1-12-7-15(5-6-18(12)24(26)27)21(23-22-14(3)25)17-10-20-19(30-11-31-20)9-16(17)8-13(2)32-33(4,28)29/h5-7,9-10,13H,8,11H2,1-4H3,(H,22,25)/t13-/m1/s1. The first-order chi connectivity index (χ1) is 15.4. The van der Waals surface area contributed by atoms with Gasteiger partial charge in [-0.3, -0.25) is 19.1 Å². The Kier molecular flexibility index (Phi) is 6.98. The quantitative estimate of drug-likeness (QED) is 0.264. The van der Waals surface area contributed by atoms with Gasteiger partial charge in [-0.15, -0.1) is 0 Å². The van der Waals surface area contributed by atoms with Crippen molar-refractivity contribution < 1.29 is 31.8 Å². The molecule has 2 aromatic rings. The van der Waals surface area contributed by atoms with Gasteiger partial charge in [-0.25, -0.2) is 5.43 Å². The van der Waals surface area contributed by atoms with Crippen LogP contribution in [0.15, 0.2) is 35.4 Å². The lowest BCUT2D eigenvalue weighted by atomic mass is 9.93. The van der Waals surface area contributed by atoms with Crippen molar-refractivity contribution in [2.75, 3.05) is 13.0 Å². The second kappa shape index (κ2) is 9.55. The van der Waals surface area contributed by atoms with E-state index in [2.05, 4.69) is 10.5 Å². The maximum absolute atomic E-state index is 11.6. The van der Waals surface area contributed by atoms with E-state index in [9.17, 15) is 23.3 Å². The van der Waals surface area contributed by atoms with Gasteiger partial charge in [-0.1, -0.05) is 0 Å². The summed E-state index contributed by atoms with van der Waals surface area (Å²) < 4.78 is 39.2. The molecule has 1 atom stereocenters. The van der Waals surface area contributed by atoms with E-state index in [4.69, 9.17) is 13.7 Å². The number of hydrazone groups is 1. The van der Waals surface area contributed by atoms with Crippen molar-refractivity contribution in [1.82, 2.24) is 5.43 Å². The number of aryl methyl sites for hydroxylation is 1. The second-order valence-corrected chi connectivity index (χ2v) is 9.17. The first kappa shape index (κ1) is 24.1. The van der Waals surface area contributed by atoms with E-state index < -0.39 is 27.1 Å². The molecular weight excluding hydrogens is 454 g/mol. The zero-order chi connectivity index (χ0) is 24.3. The Morgan fingerprint density at radius 3 is 2.52 bits per heavy atom. The van der Waals surface area contributed by atoms with Gasteiger partial charge in [0.15, 0.2) is 11.5 Å². The Morgan fingerprint density at radius 2 is 1.94 bits per heavy atom. The minimum atomic E-state index is -3.69. The van der Waals surface area contributed by atoms with E-state index in [0.717, 1.165) is 6.26 Å². The highest BCUT2D eigenvalue weighted by Gasteiger charge is 2.24. The molecule has 1 N–H and O–H groups in total. The molecule has 0 spiro atoms. The van der Waals surface area contributed by atoms with E-state index in [1.807, 2.05) is 0 Å². The van der Waals surface area contributed by atoms with Crippen LogP contribution in [-0.2, 0) is 25.5 Å². The lowest BCUT2D eigenvalue weighted by Crippen LogP contribution is -2.21. The van der Waals surface area contributed by atoms with Crippen molar-refractivity contribution in [1.29, 1.82) is 0 Å². The summed E-state index contributed by atoms with van der Waals surface area (Å²) in [6.45, 7) is 4.52. The molecule has 3 rings (SSSR count). The van der Waals surface area contributed by atoms with Crippen molar-refractivity contribution in [2.24, 2.45) is 5.10 Å². The highest BCUT2D eigenvalue weighted by molar-refractivity contribution is 7.86. The van der Waals surface area contributed by atoms with Crippen molar-refractivity contribution in [3.8, 4) is 11.5 Å². The predicted molar refractivity (Wildman–Crippen MR) is 119 cm³/mol. The van der Waals surface area contributed by atoms with Gasteiger partial charge < -0.3 is 9.47 Å². The van der Waals surface area contributed by atoms with Gasteiger partial charge in [-0.05, 0) is 43.7 Å². The Hall–Kier alpha value is -3.51. The number of nitrogens with zero attached hydrogens (tertiary/aromatic N) is 2. The Morgan fingerprint density at radius 1 is 1.27 bits per heavy atom. The molecule has 0 aromatic heterocycles. The SMILES string of the molecule is CC(=O)NN=C(c1ccc([N+](=O)[O-])c(C)c1)c1cc2c(cc1C[C@@H](C)OS(C)(=O)=O)OCO2. The molecule has 0 radical (unpaired) electrons. The summed E-state index contributed by atoms with van der Waals surface area (Å²) in [5.41, 5.74) is 4.70. The molecular formula is C21H23N3O8S. The third kappa shape index (κ3) is 6.05. The van der Waals surface area contributed by atoms with Crippen LogP contribution < -0.4 is 14.9 Å². The number of benzene rings is 2. The first-order valence-electron chi connectivity index (χ1n) is 9.85. The van der Waals surface area contributed by atoms with E-state index in [1.54, 1.807) is 32.0 Å². The van der Waals surface area contributed by atoms with Crippen LogP contribution in [-0.4, -0.2) is 44.1 Å². The number of hydrogen-bond acceptors (Lipinski definition) is 9. The third-order valence-corrected chi connectivity index (χ3v) is 5.37. The van der Waals surface area contributed by atoms with Gasteiger partial charge in [0, 0.05) is 36.1 Å². The average molecular weight is 477 g/mol. The number of nitro benzene ring substituents is 1. The number of amides is 1. The number of hydrogen-bond donors (Lipinski definition) is 1. The zero-order valence-electron chi connectivity index (χ0n) is 18.4. The summed E-state index contributed by atoms with van der Waals surface area (Å²) in [7, 11) is -3.69. The van der Waals surface area contributed by atoms with Crippen LogP contribution in [0.2, 0.25) is 0 Å². The Labute approximate surface area is 190 Å². The summed E-state index contributed by atoms with van der Waals surface area (Å²) in [5, 5.41) is 15.5. The van der Waals surface area contributed by atoms with Gasteiger partial charge >= 0.3 is 0 Å². The van der Waals surface area contributed by atoms with Crippen LogP contribution in [0.3, 0.4) is 0 Å². The zero-order valence-corrected chi connectivity index (χ0v) is 19.3. The van der Waals surface area contributed by atoms with E-state index >= 15 is 0 Å². The molecule has 12 heteroatoms. The Balaban J connectivity index is 2.15. The van der Waals surface area contributed by atoms with Crippen LogP contribution in [0.5, 0.6) is 11.5 Å². The molecule has 0 aliphatic carbocycles.